The number of ether oxygens (including phenoxy) is 1. The van der Waals surface area contributed by atoms with E-state index >= 15 is 0 Å². The molecule has 6 aromatic rings. The predicted molar refractivity (Wildman–Crippen MR) is 190 cm³/mol. The maximum atomic E-state index is 13.9. The van der Waals surface area contributed by atoms with Gasteiger partial charge in [0, 0.05) is 27.3 Å². The van der Waals surface area contributed by atoms with Crippen LogP contribution in [0.2, 0.25) is 5.02 Å². The fourth-order valence-corrected chi connectivity index (χ4v) is 8.43. The summed E-state index contributed by atoms with van der Waals surface area (Å²) in [5, 5.41) is 1.57. The van der Waals surface area contributed by atoms with Crippen LogP contribution in [0, 0.1) is 6.92 Å². The summed E-state index contributed by atoms with van der Waals surface area (Å²) < 4.78 is 66.8. The molecule has 1 heterocycles. The Labute approximate surface area is 289 Å². The van der Waals surface area contributed by atoms with E-state index in [2.05, 4.69) is 44.2 Å². The minimum atomic E-state index is -10.7. The van der Waals surface area contributed by atoms with Gasteiger partial charge in [-0.3, -0.25) is 9.59 Å². The van der Waals surface area contributed by atoms with Crippen LogP contribution in [0.1, 0.15) is 34.8 Å². The van der Waals surface area contributed by atoms with E-state index in [1.54, 1.807) is 6.07 Å². The number of rotatable bonds is 8. The van der Waals surface area contributed by atoms with Crippen LogP contribution in [0.3, 0.4) is 0 Å². The van der Waals surface area contributed by atoms with E-state index in [1.165, 1.54) is 16.9 Å². The van der Waals surface area contributed by atoms with Crippen LogP contribution >= 0.6 is 30.7 Å². The molecule has 0 saturated carbocycles. The zero-order valence-electron chi connectivity index (χ0n) is 25.9. The Morgan fingerprint density at radius 2 is 1.33 bits per heavy atom. The first-order chi connectivity index (χ1) is 22.9. The van der Waals surface area contributed by atoms with Crippen LogP contribution in [-0.4, -0.2) is 12.4 Å². The molecular formula is C36H28ClF6O3PS2. The average Bonchev–Trinajstić information content (AvgIpc) is 3.04. The van der Waals surface area contributed by atoms with Gasteiger partial charge in [0.1, 0.15) is 5.75 Å². The molecule has 13 heteroatoms. The van der Waals surface area contributed by atoms with Crippen LogP contribution in [-0.2, 0) is 10.9 Å². The summed E-state index contributed by atoms with van der Waals surface area (Å²) in [7, 11) is -11.2. The van der Waals surface area contributed by atoms with Crippen molar-refractivity contribution < 1.29 is 34.7 Å². The van der Waals surface area contributed by atoms with E-state index in [4.69, 9.17) is 16.3 Å². The van der Waals surface area contributed by atoms with Crippen molar-refractivity contribution in [2.45, 2.75) is 35.0 Å². The van der Waals surface area contributed by atoms with Gasteiger partial charge in [0.05, 0.1) is 32.6 Å². The molecular weight excluding hydrogens is 725 g/mol. The Hall–Kier alpha value is -3.89. The third-order valence-corrected chi connectivity index (χ3v) is 10.8. The van der Waals surface area contributed by atoms with E-state index in [0.717, 1.165) is 30.5 Å². The number of halogens is 7. The zero-order valence-corrected chi connectivity index (χ0v) is 29.2. The number of aryl methyl sites for hydroxylation is 1. The molecule has 0 saturated heterocycles. The average molecular weight is 753 g/mol. The third-order valence-electron chi connectivity index (χ3n) is 7.05. The molecule has 0 aliphatic heterocycles. The Morgan fingerprint density at radius 3 is 1.92 bits per heavy atom. The van der Waals surface area contributed by atoms with Crippen LogP contribution in [0.25, 0.3) is 20.2 Å². The first-order valence-corrected chi connectivity index (χ1v) is 19.2. The molecule has 3 nitrogen and oxygen atoms in total. The summed E-state index contributed by atoms with van der Waals surface area (Å²) >= 11 is 8.12. The Kier molecular flexibility index (Phi) is 9.98. The number of carbonyl (C=O) groups excluding carboxylic acids is 1. The molecule has 1 aromatic heterocycles. The van der Waals surface area contributed by atoms with Crippen molar-refractivity contribution in [1.82, 2.24) is 0 Å². The molecule has 0 bridgehead atoms. The van der Waals surface area contributed by atoms with E-state index in [9.17, 15) is 34.8 Å². The molecule has 0 spiro atoms. The maximum absolute atomic E-state index is 13.9. The summed E-state index contributed by atoms with van der Waals surface area (Å²) in [5.41, 5.74) is 2.39. The molecule has 0 amide bonds. The second-order valence-corrected chi connectivity index (χ2v) is 16.4. The van der Waals surface area contributed by atoms with Crippen molar-refractivity contribution in [3.63, 3.8) is 0 Å². The normalized spacial score (nSPS) is 13.6. The van der Waals surface area contributed by atoms with Crippen molar-refractivity contribution in [3.8, 4) is 5.75 Å². The van der Waals surface area contributed by atoms with E-state index < -0.39 is 18.7 Å². The molecule has 256 valence electrons. The topological polar surface area (TPSA) is 43.4 Å². The number of hydrogen-bond acceptors (Lipinski definition) is 4. The molecule has 6 rings (SSSR count). The SMILES string of the molecule is CCCOc1ccc(Cl)c2c(=O)c3cc([S+](c4ccc(C)cc4)c4ccc(C(=O)c5ccccc5)cc4)ccc3sc12.F[P-](F)(F)(F)(F)F. The monoisotopic (exact) mass is 752 g/mol. The third kappa shape index (κ3) is 9.63. The van der Waals surface area contributed by atoms with Gasteiger partial charge in [-0.2, -0.15) is 0 Å². The van der Waals surface area contributed by atoms with Gasteiger partial charge in [0.15, 0.2) is 25.9 Å². The van der Waals surface area contributed by atoms with Crippen molar-refractivity contribution in [2.75, 3.05) is 6.61 Å². The summed E-state index contributed by atoms with van der Waals surface area (Å²) in [6, 6.07) is 35.4. The van der Waals surface area contributed by atoms with Gasteiger partial charge in [0.2, 0.25) is 0 Å². The van der Waals surface area contributed by atoms with E-state index in [1.807, 2.05) is 72.8 Å². The van der Waals surface area contributed by atoms with Gasteiger partial charge < -0.3 is 4.74 Å². The molecule has 0 fully saturated rings. The number of hydrogen-bond donors (Lipinski definition) is 0. The fraction of sp³-hybridized carbons (Fsp3) is 0.111. The van der Waals surface area contributed by atoms with Crippen LogP contribution in [0.5, 0.6) is 5.75 Å². The number of ketones is 1. The van der Waals surface area contributed by atoms with Gasteiger partial charge in [0.25, 0.3) is 0 Å². The van der Waals surface area contributed by atoms with Gasteiger partial charge in [-0.05, 0) is 74.0 Å². The Balaban J connectivity index is 0.000000606. The first kappa shape index (κ1) is 36.4. The number of carbonyl (C=O) groups is 1. The summed E-state index contributed by atoms with van der Waals surface area (Å²) in [5.74, 6) is 0.681. The van der Waals surface area contributed by atoms with Crippen LogP contribution < -0.4 is 10.2 Å². The van der Waals surface area contributed by atoms with Crippen LogP contribution in [0.15, 0.2) is 129 Å². The summed E-state index contributed by atoms with van der Waals surface area (Å²) in [6.45, 7) is 4.70. The van der Waals surface area contributed by atoms with Gasteiger partial charge in [-0.15, -0.1) is 11.3 Å². The van der Waals surface area contributed by atoms with Gasteiger partial charge >= 0.3 is 33.0 Å². The second-order valence-electron chi connectivity index (χ2n) is 11.0. The second kappa shape index (κ2) is 13.4. The number of benzene rings is 5. The molecule has 49 heavy (non-hydrogen) atoms. The van der Waals surface area contributed by atoms with Crippen LogP contribution in [0.4, 0.5) is 25.2 Å². The standard InChI is InChI=1S/C36H28ClO3S2.F6P/c1-3-21-40-31-19-18-30(37)33-35(39)29-22-28(17-20-32(29)41-36(31)33)42(26-13-9-23(2)10-14-26)27-15-11-25(12-16-27)34(38)24-7-5-4-6-8-24;1-7(2,3,4,5)6/h4-20,22H,3,21H2,1-2H3;/q+1;-1. The van der Waals surface area contributed by atoms with E-state index in [0.29, 0.717) is 39.3 Å². The molecule has 5 aromatic carbocycles. The molecule has 0 aliphatic rings. The predicted octanol–water partition coefficient (Wildman–Crippen LogP) is 12.9. The summed E-state index contributed by atoms with van der Waals surface area (Å²) in [6.07, 6.45) is 0.874. The number of fused-ring (bicyclic) bond motifs is 2. The quantitative estimate of drug-likeness (QED) is 0.0511. The Morgan fingerprint density at radius 1 is 0.776 bits per heavy atom. The molecule has 1 unspecified atom stereocenters. The van der Waals surface area contributed by atoms with Crippen molar-refractivity contribution in [2.24, 2.45) is 0 Å². The summed E-state index contributed by atoms with van der Waals surface area (Å²) in [4.78, 5) is 30.2. The van der Waals surface area contributed by atoms with Gasteiger partial charge in [-0.1, -0.05) is 66.6 Å². The van der Waals surface area contributed by atoms with Crippen molar-refractivity contribution >= 4 is 67.6 Å². The molecule has 0 radical (unpaired) electrons. The Bertz CT molecular complexity index is 2200. The van der Waals surface area contributed by atoms with Crippen molar-refractivity contribution in [1.29, 1.82) is 0 Å². The fourth-order valence-electron chi connectivity index (χ4n) is 4.91. The molecule has 1 atom stereocenters. The van der Waals surface area contributed by atoms with Crippen molar-refractivity contribution in [3.05, 3.63) is 141 Å². The zero-order chi connectivity index (χ0) is 35.6. The molecule has 0 aliphatic carbocycles. The molecule has 0 N–H and O–H groups in total. The van der Waals surface area contributed by atoms with E-state index in [-0.39, 0.29) is 11.2 Å². The van der Waals surface area contributed by atoms with Gasteiger partial charge in [-0.25, -0.2) is 0 Å². The first-order valence-electron chi connectivity index (χ1n) is 14.8. The minimum absolute atomic E-state index is 0.00778.